The van der Waals surface area contributed by atoms with E-state index in [0.717, 1.165) is 23.6 Å². The molecule has 0 aliphatic heterocycles. The van der Waals surface area contributed by atoms with Crippen LogP contribution in [0.4, 0.5) is 5.82 Å². The highest BCUT2D eigenvalue weighted by Crippen LogP contribution is 2.30. The van der Waals surface area contributed by atoms with Gasteiger partial charge in [-0.15, -0.1) is 0 Å². The van der Waals surface area contributed by atoms with Crippen molar-refractivity contribution in [1.29, 1.82) is 0 Å². The first kappa shape index (κ1) is 16.0. The van der Waals surface area contributed by atoms with Crippen LogP contribution in [-0.4, -0.2) is 30.2 Å². The molecule has 0 N–H and O–H groups in total. The molecule has 0 amide bonds. The van der Waals surface area contributed by atoms with E-state index in [9.17, 15) is 0 Å². The highest BCUT2D eigenvalue weighted by Gasteiger charge is 2.18. The summed E-state index contributed by atoms with van der Waals surface area (Å²) in [6.45, 7) is 2.13. The number of hydrogen-bond donors (Lipinski definition) is 0. The number of halogens is 2. The summed E-state index contributed by atoms with van der Waals surface area (Å²) in [5.41, 5.74) is 1.16. The lowest BCUT2D eigenvalue weighted by Crippen LogP contribution is -2.32. The molecule has 1 aromatic heterocycles. The molecule has 1 unspecified atom stereocenters. The van der Waals surface area contributed by atoms with Gasteiger partial charge in [0.15, 0.2) is 0 Å². The summed E-state index contributed by atoms with van der Waals surface area (Å²) in [7, 11) is 3.68. The molecule has 0 bridgehead atoms. The third kappa shape index (κ3) is 3.66. The Bertz CT molecular complexity index is 624. The van der Waals surface area contributed by atoms with Gasteiger partial charge in [-0.2, -0.15) is 0 Å². The molecule has 0 saturated heterocycles. The van der Waals surface area contributed by atoms with Gasteiger partial charge in [0.05, 0.1) is 11.6 Å². The molecule has 112 valence electrons. The quantitative estimate of drug-likeness (QED) is 0.747. The summed E-state index contributed by atoms with van der Waals surface area (Å²) in [6.07, 6.45) is 2.31. The van der Waals surface area contributed by atoms with Gasteiger partial charge < -0.3 is 9.64 Å². The van der Waals surface area contributed by atoms with Crippen molar-refractivity contribution in [1.82, 2.24) is 9.97 Å². The van der Waals surface area contributed by atoms with Gasteiger partial charge in [-0.3, -0.25) is 0 Å². The average Bonchev–Trinajstić information content (AvgIpc) is 2.50. The number of likely N-dealkylation sites (N-methyl/N-ethyl adjacent to an activating group) is 1. The number of hydrogen-bond acceptors (Lipinski definition) is 4. The Balaban J connectivity index is 2.20. The summed E-state index contributed by atoms with van der Waals surface area (Å²) < 4.78 is 6.11. The van der Waals surface area contributed by atoms with E-state index in [1.54, 1.807) is 7.11 Å². The van der Waals surface area contributed by atoms with Crippen LogP contribution in [-0.2, 0) is 6.42 Å². The Hall–Kier alpha value is -1.33. The lowest BCUT2D eigenvalue weighted by atomic mass is 10.1. The van der Waals surface area contributed by atoms with Crippen molar-refractivity contribution in [2.45, 2.75) is 19.4 Å². The van der Waals surface area contributed by atoms with E-state index in [1.165, 1.54) is 6.33 Å². The maximum Gasteiger partial charge on any atom is 0.148 e. The molecule has 0 fully saturated rings. The van der Waals surface area contributed by atoms with E-state index >= 15 is 0 Å². The second kappa shape index (κ2) is 7.09. The highest BCUT2D eigenvalue weighted by molar-refractivity contribution is 9.10. The van der Waals surface area contributed by atoms with Gasteiger partial charge >= 0.3 is 0 Å². The summed E-state index contributed by atoms with van der Waals surface area (Å²) >= 11 is 9.47. The fourth-order valence-corrected chi connectivity index (χ4v) is 2.73. The number of methoxy groups -OCH3 is 1. The van der Waals surface area contributed by atoms with Gasteiger partial charge in [0, 0.05) is 13.1 Å². The van der Waals surface area contributed by atoms with E-state index in [0.29, 0.717) is 9.63 Å². The Kier molecular flexibility index (Phi) is 5.42. The SMILES string of the molecule is COc1ccccc1CC(C)N(C)c1ncnc(Cl)c1Br. The maximum absolute atomic E-state index is 6.03. The zero-order chi connectivity index (χ0) is 15.4. The fourth-order valence-electron chi connectivity index (χ4n) is 2.12. The predicted molar refractivity (Wildman–Crippen MR) is 89.3 cm³/mol. The molecule has 0 aliphatic carbocycles. The number of ether oxygens (including phenoxy) is 1. The first-order chi connectivity index (χ1) is 10.0. The molecule has 2 rings (SSSR count). The standard InChI is InChI=1S/C15H17BrClN3O/c1-10(8-11-6-4-5-7-12(11)21-3)20(2)15-13(16)14(17)18-9-19-15/h4-7,9-10H,8H2,1-3H3. The molecule has 6 heteroatoms. The fraction of sp³-hybridized carbons (Fsp3) is 0.333. The molecule has 4 nitrogen and oxygen atoms in total. The zero-order valence-corrected chi connectivity index (χ0v) is 14.5. The van der Waals surface area contributed by atoms with Crippen molar-refractivity contribution in [2.24, 2.45) is 0 Å². The van der Waals surface area contributed by atoms with Crippen molar-refractivity contribution in [3.05, 3.63) is 45.8 Å². The van der Waals surface area contributed by atoms with Crippen molar-refractivity contribution in [3.63, 3.8) is 0 Å². The summed E-state index contributed by atoms with van der Waals surface area (Å²) in [5, 5.41) is 0.413. The minimum atomic E-state index is 0.226. The third-order valence-electron chi connectivity index (χ3n) is 3.43. The van der Waals surface area contributed by atoms with Crippen LogP contribution in [0.1, 0.15) is 12.5 Å². The van der Waals surface area contributed by atoms with Gasteiger partial charge in [0.1, 0.15) is 23.0 Å². The largest absolute Gasteiger partial charge is 0.496 e. The minimum absolute atomic E-state index is 0.226. The van der Waals surface area contributed by atoms with Crippen LogP contribution in [0.3, 0.4) is 0 Å². The number of benzene rings is 1. The third-order valence-corrected chi connectivity index (χ3v) is 4.68. The molecular weight excluding hydrogens is 354 g/mol. The molecule has 1 atom stereocenters. The van der Waals surface area contributed by atoms with Crippen LogP contribution in [0.5, 0.6) is 5.75 Å². The molecular formula is C15H17BrClN3O. The molecule has 1 heterocycles. The lowest BCUT2D eigenvalue weighted by molar-refractivity contribution is 0.408. The van der Waals surface area contributed by atoms with Crippen LogP contribution in [0.2, 0.25) is 5.15 Å². The van der Waals surface area contributed by atoms with Gasteiger partial charge in [0.25, 0.3) is 0 Å². The number of aromatic nitrogens is 2. The number of nitrogens with zero attached hydrogens (tertiary/aromatic N) is 3. The van der Waals surface area contributed by atoms with Crippen LogP contribution < -0.4 is 9.64 Å². The highest BCUT2D eigenvalue weighted by atomic mass is 79.9. The van der Waals surface area contributed by atoms with Crippen molar-refractivity contribution < 1.29 is 4.74 Å². The van der Waals surface area contributed by atoms with E-state index in [-0.39, 0.29) is 6.04 Å². The second-order valence-electron chi connectivity index (χ2n) is 4.78. The number of anilines is 1. The van der Waals surface area contributed by atoms with Crippen molar-refractivity contribution >= 4 is 33.3 Å². The summed E-state index contributed by atoms with van der Waals surface area (Å²) in [6, 6.07) is 8.26. The molecule has 21 heavy (non-hydrogen) atoms. The van der Waals surface area contributed by atoms with Gasteiger partial charge in [-0.25, -0.2) is 9.97 Å². The first-order valence-electron chi connectivity index (χ1n) is 6.55. The minimum Gasteiger partial charge on any atom is -0.496 e. The van der Waals surface area contributed by atoms with Crippen molar-refractivity contribution in [3.8, 4) is 5.75 Å². The van der Waals surface area contributed by atoms with Crippen LogP contribution in [0.25, 0.3) is 0 Å². The molecule has 2 aromatic rings. The lowest BCUT2D eigenvalue weighted by Gasteiger charge is -2.27. The first-order valence-corrected chi connectivity index (χ1v) is 7.72. The topological polar surface area (TPSA) is 38.2 Å². The molecule has 0 radical (unpaired) electrons. The van der Waals surface area contributed by atoms with E-state index in [4.69, 9.17) is 16.3 Å². The Labute approximate surface area is 138 Å². The predicted octanol–water partition coefficient (Wildman–Crippen LogP) is 3.97. The van der Waals surface area contributed by atoms with Crippen molar-refractivity contribution in [2.75, 3.05) is 19.1 Å². The van der Waals surface area contributed by atoms with Crippen LogP contribution >= 0.6 is 27.5 Å². The van der Waals surface area contributed by atoms with Crippen LogP contribution in [0.15, 0.2) is 35.1 Å². The summed E-state index contributed by atoms with van der Waals surface area (Å²) in [4.78, 5) is 10.3. The normalized spacial score (nSPS) is 12.0. The molecule has 0 spiro atoms. The van der Waals surface area contributed by atoms with Gasteiger partial charge in [0.2, 0.25) is 0 Å². The molecule has 1 aromatic carbocycles. The Morgan fingerprint density at radius 2 is 2.05 bits per heavy atom. The molecule has 0 aliphatic rings. The smallest absolute Gasteiger partial charge is 0.148 e. The van der Waals surface area contributed by atoms with Gasteiger partial charge in [-0.1, -0.05) is 29.8 Å². The van der Waals surface area contributed by atoms with Crippen LogP contribution in [0, 0.1) is 0 Å². The number of para-hydroxylation sites is 1. The summed E-state index contributed by atoms with van der Waals surface area (Å²) in [5.74, 6) is 1.68. The zero-order valence-electron chi connectivity index (χ0n) is 12.2. The Morgan fingerprint density at radius 1 is 1.33 bits per heavy atom. The monoisotopic (exact) mass is 369 g/mol. The maximum atomic E-state index is 6.03. The van der Waals surface area contributed by atoms with E-state index in [2.05, 4.69) is 43.8 Å². The van der Waals surface area contributed by atoms with E-state index in [1.807, 2.05) is 25.2 Å². The number of rotatable bonds is 5. The average molecular weight is 371 g/mol. The Morgan fingerprint density at radius 3 is 2.76 bits per heavy atom. The second-order valence-corrected chi connectivity index (χ2v) is 5.93. The molecule has 0 saturated carbocycles. The van der Waals surface area contributed by atoms with E-state index < -0.39 is 0 Å². The van der Waals surface area contributed by atoms with Gasteiger partial charge in [-0.05, 0) is 40.9 Å².